The molecule has 0 radical (unpaired) electrons. The maximum atomic E-state index is 10.4. The zero-order chi connectivity index (χ0) is 17.9. The number of aromatic nitrogens is 2. The van der Waals surface area contributed by atoms with E-state index in [0.29, 0.717) is 11.6 Å². The maximum absolute atomic E-state index is 10.4. The molecule has 126 valence electrons. The van der Waals surface area contributed by atoms with Crippen LogP contribution in [0.1, 0.15) is 5.82 Å². The van der Waals surface area contributed by atoms with Crippen molar-refractivity contribution in [3.05, 3.63) is 78.3 Å². The van der Waals surface area contributed by atoms with Gasteiger partial charge in [0.15, 0.2) is 11.6 Å². The van der Waals surface area contributed by atoms with Crippen LogP contribution in [0.3, 0.4) is 0 Å². The minimum Gasteiger partial charge on any atom is -0.507 e. The highest BCUT2D eigenvalue weighted by Gasteiger charge is 2.14. The van der Waals surface area contributed by atoms with Crippen LogP contribution in [0.25, 0.3) is 27.4 Å². The average Bonchev–Trinajstić information content (AvgIpc) is 3.10. The Bertz CT molecular complexity index is 1130. The van der Waals surface area contributed by atoms with Crippen molar-refractivity contribution in [2.45, 2.75) is 0 Å². The Kier molecular flexibility index (Phi) is 4.00. The van der Waals surface area contributed by atoms with Gasteiger partial charge in [0.1, 0.15) is 24.0 Å². The molecule has 4 aromatic rings. The average molecular weight is 341 g/mol. The van der Waals surface area contributed by atoms with Gasteiger partial charge in [-0.05, 0) is 23.6 Å². The Morgan fingerprint density at radius 2 is 1.81 bits per heavy atom. The normalized spacial score (nSPS) is 12.0. The maximum Gasteiger partial charge on any atom is 0.152 e. The largest absolute Gasteiger partial charge is 0.507 e. The first kappa shape index (κ1) is 15.7. The molecule has 0 bridgehead atoms. The molecule has 2 N–H and O–H groups in total. The van der Waals surface area contributed by atoms with Gasteiger partial charge in [-0.1, -0.05) is 48.5 Å². The van der Waals surface area contributed by atoms with Gasteiger partial charge in [-0.2, -0.15) is 5.26 Å². The van der Waals surface area contributed by atoms with Gasteiger partial charge < -0.3 is 14.8 Å². The Morgan fingerprint density at radius 1 is 1.04 bits per heavy atom. The molecule has 1 aromatic heterocycles. The number of allylic oxidation sites excluding steroid dienone is 1. The fourth-order valence-corrected chi connectivity index (χ4v) is 2.87. The number of ether oxygens (including phenoxy) is 1. The van der Waals surface area contributed by atoms with E-state index in [1.54, 1.807) is 0 Å². The van der Waals surface area contributed by atoms with E-state index in [9.17, 15) is 10.4 Å². The second-order valence-corrected chi connectivity index (χ2v) is 5.80. The summed E-state index contributed by atoms with van der Waals surface area (Å²) in [6.07, 6.45) is 0. The van der Waals surface area contributed by atoms with Crippen LogP contribution < -0.4 is 4.74 Å². The molecule has 1 heterocycles. The lowest BCUT2D eigenvalue weighted by Crippen LogP contribution is -2.04. The highest BCUT2D eigenvalue weighted by atomic mass is 16.5. The fraction of sp³-hybridized carbons (Fsp3) is 0.0476. The van der Waals surface area contributed by atoms with Crippen molar-refractivity contribution >= 4 is 27.4 Å². The van der Waals surface area contributed by atoms with Crippen molar-refractivity contribution in [2.24, 2.45) is 0 Å². The number of H-pyrrole nitrogens is 1. The molecule has 26 heavy (non-hydrogen) atoms. The Labute approximate surface area is 149 Å². The van der Waals surface area contributed by atoms with Gasteiger partial charge in [0.25, 0.3) is 0 Å². The van der Waals surface area contributed by atoms with Crippen LogP contribution in [0.2, 0.25) is 0 Å². The van der Waals surface area contributed by atoms with E-state index >= 15 is 0 Å². The van der Waals surface area contributed by atoms with E-state index in [1.807, 2.05) is 72.8 Å². The molecule has 3 aromatic carbocycles. The van der Waals surface area contributed by atoms with Crippen LogP contribution in [0.4, 0.5) is 0 Å². The smallest absolute Gasteiger partial charge is 0.152 e. The standard InChI is InChI=1S/C21H15N3O2/c22-12-16(21-23-17-9-3-4-10-18(17)24-21)19(25)13-26-20-11-5-7-14-6-1-2-8-15(14)20/h1-11,25H,13H2,(H,23,24)/b19-16-. The fourth-order valence-electron chi connectivity index (χ4n) is 2.87. The molecule has 0 saturated heterocycles. The number of fused-ring (bicyclic) bond motifs is 2. The lowest BCUT2D eigenvalue weighted by Gasteiger charge is -2.09. The lowest BCUT2D eigenvalue weighted by atomic mass is 10.1. The number of nitrogens with one attached hydrogen (secondary N) is 1. The second kappa shape index (κ2) is 6.61. The number of nitriles is 1. The van der Waals surface area contributed by atoms with E-state index in [4.69, 9.17) is 4.74 Å². The molecular weight excluding hydrogens is 326 g/mol. The summed E-state index contributed by atoms with van der Waals surface area (Å²) < 4.78 is 5.76. The number of aliphatic hydroxyl groups excluding tert-OH is 1. The zero-order valence-corrected chi connectivity index (χ0v) is 13.8. The quantitative estimate of drug-likeness (QED) is 0.420. The minimum absolute atomic E-state index is 0.0708. The van der Waals surface area contributed by atoms with E-state index < -0.39 is 0 Å². The van der Waals surface area contributed by atoms with Crippen molar-refractivity contribution in [2.75, 3.05) is 6.61 Å². The molecule has 0 unspecified atom stereocenters. The van der Waals surface area contributed by atoms with Crippen molar-refractivity contribution in [3.8, 4) is 11.8 Å². The van der Waals surface area contributed by atoms with Crippen LogP contribution in [-0.2, 0) is 0 Å². The van der Waals surface area contributed by atoms with Crippen molar-refractivity contribution < 1.29 is 9.84 Å². The Morgan fingerprint density at radius 3 is 2.65 bits per heavy atom. The molecule has 5 nitrogen and oxygen atoms in total. The van der Waals surface area contributed by atoms with Crippen LogP contribution >= 0.6 is 0 Å². The van der Waals surface area contributed by atoms with Crippen molar-refractivity contribution in [1.82, 2.24) is 9.97 Å². The predicted octanol–water partition coefficient (Wildman–Crippen LogP) is 4.59. The third-order valence-corrected chi connectivity index (χ3v) is 4.14. The summed E-state index contributed by atoms with van der Waals surface area (Å²) >= 11 is 0. The molecular formula is C21H15N3O2. The molecule has 0 spiro atoms. The summed E-state index contributed by atoms with van der Waals surface area (Å²) in [6, 6.07) is 23.0. The molecule has 0 aliphatic heterocycles. The van der Waals surface area contributed by atoms with Crippen LogP contribution in [0.15, 0.2) is 72.5 Å². The van der Waals surface area contributed by atoms with Crippen LogP contribution in [-0.4, -0.2) is 21.7 Å². The molecule has 0 aliphatic carbocycles. The summed E-state index contributed by atoms with van der Waals surface area (Å²) in [5, 5.41) is 21.9. The Balaban J connectivity index is 1.64. The lowest BCUT2D eigenvalue weighted by molar-refractivity contribution is 0.275. The van der Waals surface area contributed by atoms with E-state index in [1.165, 1.54) is 0 Å². The number of rotatable bonds is 4. The third kappa shape index (κ3) is 2.85. The van der Waals surface area contributed by atoms with Gasteiger partial charge in [0.2, 0.25) is 0 Å². The molecule has 0 saturated carbocycles. The number of aromatic amines is 1. The summed E-state index contributed by atoms with van der Waals surface area (Å²) in [5.41, 5.74) is 1.61. The number of benzene rings is 3. The number of hydrogen-bond acceptors (Lipinski definition) is 4. The summed E-state index contributed by atoms with van der Waals surface area (Å²) in [5.74, 6) is 0.809. The number of imidazole rings is 1. The van der Waals surface area contributed by atoms with Crippen molar-refractivity contribution in [1.29, 1.82) is 5.26 Å². The zero-order valence-electron chi connectivity index (χ0n) is 13.8. The van der Waals surface area contributed by atoms with Gasteiger partial charge in [-0.25, -0.2) is 4.98 Å². The molecule has 0 amide bonds. The first-order chi connectivity index (χ1) is 12.8. The number of nitrogens with zero attached hydrogens (tertiary/aromatic N) is 2. The Hall–Kier alpha value is -3.78. The first-order valence-corrected chi connectivity index (χ1v) is 8.14. The monoisotopic (exact) mass is 341 g/mol. The molecule has 0 fully saturated rings. The van der Waals surface area contributed by atoms with Crippen LogP contribution in [0.5, 0.6) is 5.75 Å². The highest BCUT2D eigenvalue weighted by Crippen LogP contribution is 2.26. The molecule has 5 heteroatoms. The highest BCUT2D eigenvalue weighted by molar-refractivity contribution is 5.88. The van der Waals surface area contributed by atoms with E-state index in [0.717, 1.165) is 21.8 Å². The number of hydrogen-bond donors (Lipinski definition) is 2. The summed E-state index contributed by atoms with van der Waals surface area (Å²) in [4.78, 5) is 7.41. The van der Waals surface area contributed by atoms with Gasteiger partial charge >= 0.3 is 0 Å². The SMILES string of the molecule is N#C/C(=C(/O)COc1cccc2ccccc12)c1nc2ccccc2[nH]1. The van der Waals surface area contributed by atoms with Gasteiger partial charge in [0, 0.05) is 5.39 Å². The predicted molar refractivity (Wildman–Crippen MR) is 101 cm³/mol. The third-order valence-electron chi connectivity index (χ3n) is 4.14. The number of para-hydroxylation sites is 2. The number of aliphatic hydroxyl groups is 1. The van der Waals surface area contributed by atoms with Gasteiger partial charge in [-0.3, -0.25) is 0 Å². The second-order valence-electron chi connectivity index (χ2n) is 5.80. The topological polar surface area (TPSA) is 81.9 Å². The summed E-state index contributed by atoms with van der Waals surface area (Å²) in [6.45, 7) is -0.117. The minimum atomic E-state index is -0.167. The van der Waals surface area contributed by atoms with Gasteiger partial charge in [-0.15, -0.1) is 0 Å². The summed E-state index contributed by atoms with van der Waals surface area (Å²) in [7, 11) is 0. The van der Waals surface area contributed by atoms with E-state index in [2.05, 4.69) is 9.97 Å². The van der Waals surface area contributed by atoms with Crippen LogP contribution in [0, 0.1) is 11.3 Å². The molecule has 0 atom stereocenters. The molecule has 0 aliphatic rings. The molecule has 4 rings (SSSR count). The van der Waals surface area contributed by atoms with E-state index in [-0.39, 0.29) is 17.9 Å². The first-order valence-electron chi connectivity index (χ1n) is 8.14. The van der Waals surface area contributed by atoms with Gasteiger partial charge in [0.05, 0.1) is 11.0 Å². The van der Waals surface area contributed by atoms with Crippen molar-refractivity contribution in [3.63, 3.8) is 0 Å².